The van der Waals surface area contributed by atoms with Gasteiger partial charge in [-0.2, -0.15) is 13.2 Å². The highest BCUT2D eigenvalue weighted by Gasteiger charge is 2.38. The minimum Gasteiger partial charge on any atom is -0.480 e. The van der Waals surface area contributed by atoms with Crippen molar-refractivity contribution in [1.82, 2.24) is 0 Å². The lowest BCUT2D eigenvalue weighted by Gasteiger charge is -2.07. The maximum absolute atomic E-state index is 10.6. The lowest BCUT2D eigenvalue weighted by atomic mass is 10.1. The molecule has 0 aromatic heterocycles. The van der Waals surface area contributed by atoms with Gasteiger partial charge in [0.25, 0.3) is 0 Å². The van der Waals surface area contributed by atoms with Crippen LogP contribution < -0.4 is 5.73 Å². The number of hydrogen-bond acceptors (Lipinski definition) is 3. The van der Waals surface area contributed by atoms with E-state index in [1.54, 1.807) is 0 Å². The second-order valence-corrected chi connectivity index (χ2v) is 4.71. The van der Waals surface area contributed by atoms with E-state index in [4.69, 9.17) is 20.7 Å². The first kappa shape index (κ1) is 18.6. The zero-order valence-electron chi connectivity index (χ0n) is 9.89. The van der Waals surface area contributed by atoms with E-state index in [1.807, 2.05) is 24.3 Å². The van der Waals surface area contributed by atoms with Crippen LogP contribution in [0.25, 0.3) is 0 Å². The summed E-state index contributed by atoms with van der Waals surface area (Å²) in [7, 11) is 0. The summed E-state index contributed by atoms with van der Waals surface area (Å²) in [6, 6.07) is 6.81. The predicted octanol–water partition coefficient (Wildman–Crippen LogP) is 1.88. The van der Waals surface area contributed by atoms with Gasteiger partial charge in [0.1, 0.15) is 6.04 Å². The first-order valence-electron chi connectivity index (χ1n) is 5.07. The summed E-state index contributed by atoms with van der Waals surface area (Å²) in [6.45, 7) is 0. The van der Waals surface area contributed by atoms with Gasteiger partial charge in [-0.3, -0.25) is 4.79 Å². The summed E-state index contributed by atoms with van der Waals surface area (Å²) in [4.78, 5) is 19.4. The van der Waals surface area contributed by atoms with Gasteiger partial charge in [0.2, 0.25) is 0 Å². The molecule has 0 spiro atoms. The van der Waals surface area contributed by atoms with E-state index in [0.717, 1.165) is 9.13 Å². The Labute approximate surface area is 125 Å². The van der Waals surface area contributed by atoms with E-state index in [-0.39, 0.29) is 0 Å². The fourth-order valence-electron chi connectivity index (χ4n) is 0.988. The largest absolute Gasteiger partial charge is 0.490 e. The molecule has 0 aliphatic heterocycles. The smallest absolute Gasteiger partial charge is 0.480 e. The Hall–Kier alpha value is -1.36. The summed E-state index contributed by atoms with van der Waals surface area (Å²) < 4.78 is 32.8. The molecule has 0 aliphatic rings. The molecule has 1 aromatic rings. The molecule has 0 saturated heterocycles. The lowest BCUT2D eigenvalue weighted by molar-refractivity contribution is -0.192. The van der Waals surface area contributed by atoms with E-state index in [9.17, 15) is 18.0 Å². The molecule has 0 heterocycles. The van der Waals surface area contributed by atoms with Gasteiger partial charge in [0.05, 0.1) is 0 Å². The molecular weight excluding hydrogens is 394 g/mol. The summed E-state index contributed by atoms with van der Waals surface area (Å²) >= 11 is 2.17. The number of hydrogen-bond donors (Lipinski definition) is 3. The van der Waals surface area contributed by atoms with Gasteiger partial charge in [-0.25, -0.2) is 4.79 Å². The van der Waals surface area contributed by atoms with Crippen molar-refractivity contribution in [2.24, 2.45) is 5.73 Å². The fraction of sp³-hybridized carbons (Fsp3) is 0.273. The third-order valence-electron chi connectivity index (χ3n) is 1.96. The van der Waals surface area contributed by atoms with Crippen molar-refractivity contribution in [1.29, 1.82) is 0 Å². The van der Waals surface area contributed by atoms with Crippen molar-refractivity contribution < 1.29 is 33.0 Å². The van der Waals surface area contributed by atoms with Gasteiger partial charge in [0, 0.05) is 3.57 Å². The number of carboxylic acid groups (broad SMARTS) is 2. The van der Waals surface area contributed by atoms with Crippen LogP contribution in [0.1, 0.15) is 5.56 Å². The van der Waals surface area contributed by atoms with Crippen LogP contribution in [0, 0.1) is 3.57 Å². The van der Waals surface area contributed by atoms with Crippen molar-refractivity contribution in [2.75, 3.05) is 0 Å². The number of carbonyl (C=O) groups is 2. The van der Waals surface area contributed by atoms with Crippen molar-refractivity contribution in [2.45, 2.75) is 18.6 Å². The molecule has 0 amide bonds. The normalized spacial score (nSPS) is 12.1. The number of alkyl halides is 3. The average molecular weight is 405 g/mol. The third-order valence-corrected chi connectivity index (χ3v) is 3.01. The van der Waals surface area contributed by atoms with Crippen LogP contribution in [0.4, 0.5) is 13.2 Å². The third kappa shape index (κ3) is 7.28. The number of benzene rings is 1. The molecule has 9 heteroatoms. The maximum Gasteiger partial charge on any atom is 0.490 e. The van der Waals surface area contributed by atoms with Crippen LogP contribution in [0.15, 0.2) is 24.3 Å². The number of rotatable bonds is 3. The fourth-order valence-corrected chi connectivity index (χ4v) is 1.60. The van der Waals surface area contributed by atoms with Crippen LogP contribution in [0.3, 0.4) is 0 Å². The average Bonchev–Trinajstić information content (AvgIpc) is 2.31. The molecular formula is C11H11F3INO4. The Bertz CT molecular complexity index is 479. The van der Waals surface area contributed by atoms with Crippen LogP contribution in [0.5, 0.6) is 0 Å². The van der Waals surface area contributed by atoms with Gasteiger partial charge in [-0.15, -0.1) is 0 Å². The summed E-state index contributed by atoms with van der Waals surface area (Å²) in [6.07, 6.45) is -4.70. The van der Waals surface area contributed by atoms with Gasteiger partial charge < -0.3 is 15.9 Å². The molecule has 0 bridgehead atoms. The molecule has 1 unspecified atom stereocenters. The zero-order valence-corrected chi connectivity index (χ0v) is 12.1. The monoisotopic (exact) mass is 405 g/mol. The number of halogens is 4. The minimum absolute atomic E-state index is 0.383. The van der Waals surface area contributed by atoms with E-state index >= 15 is 0 Å². The van der Waals surface area contributed by atoms with Crippen LogP contribution in [-0.2, 0) is 16.0 Å². The highest BCUT2D eigenvalue weighted by Crippen LogP contribution is 2.13. The Kier molecular flexibility index (Phi) is 7.50. The molecule has 1 aromatic carbocycles. The lowest BCUT2D eigenvalue weighted by Crippen LogP contribution is -2.32. The molecule has 112 valence electrons. The van der Waals surface area contributed by atoms with Crippen molar-refractivity contribution in [3.05, 3.63) is 33.4 Å². The highest BCUT2D eigenvalue weighted by atomic mass is 127. The number of carboxylic acids is 2. The summed E-state index contributed by atoms with van der Waals surface area (Å²) in [5.41, 5.74) is 6.40. The molecule has 5 nitrogen and oxygen atoms in total. The first-order chi connectivity index (χ1) is 9.05. The quantitative estimate of drug-likeness (QED) is 0.667. The number of aliphatic carboxylic acids is 2. The Morgan fingerprint density at radius 1 is 1.25 bits per heavy atom. The van der Waals surface area contributed by atoms with Gasteiger partial charge in [0.15, 0.2) is 0 Å². The van der Waals surface area contributed by atoms with E-state index in [0.29, 0.717) is 6.42 Å². The molecule has 20 heavy (non-hydrogen) atoms. The molecule has 0 aliphatic carbocycles. The standard InChI is InChI=1S/C9H10INO2.C2HF3O2/c10-7-4-2-1-3-6(7)5-8(11)9(12)13;3-2(4,5)1(6)7/h1-4,8H,5,11H2,(H,12,13);(H,6,7). The van der Waals surface area contributed by atoms with Crippen molar-refractivity contribution >= 4 is 34.5 Å². The van der Waals surface area contributed by atoms with Gasteiger partial charge in [-0.1, -0.05) is 18.2 Å². The van der Waals surface area contributed by atoms with E-state index in [1.165, 1.54) is 0 Å². The molecule has 1 atom stereocenters. The van der Waals surface area contributed by atoms with Gasteiger partial charge >= 0.3 is 18.1 Å². The topological polar surface area (TPSA) is 101 Å². The van der Waals surface area contributed by atoms with E-state index < -0.39 is 24.2 Å². The van der Waals surface area contributed by atoms with Crippen LogP contribution >= 0.6 is 22.6 Å². The molecule has 0 saturated carbocycles. The second-order valence-electron chi connectivity index (χ2n) is 3.54. The van der Waals surface area contributed by atoms with Crippen LogP contribution in [0.2, 0.25) is 0 Å². The predicted molar refractivity (Wildman–Crippen MR) is 72.2 cm³/mol. The molecule has 1 rings (SSSR count). The molecule has 0 fully saturated rings. The molecule has 4 N–H and O–H groups in total. The Balaban J connectivity index is 0.000000441. The first-order valence-corrected chi connectivity index (χ1v) is 6.15. The summed E-state index contributed by atoms with van der Waals surface area (Å²) in [5, 5.41) is 15.7. The van der Waals surface area contributed by atoms with Gasteiger partial charge in [-0.05, 0) is 40.6 Å². The summed E-state index contributed by atoms with van der Waals surface area (Å²) in [5.74, 6) is -3.72. The minimum atomic E-state index is -5.08. The van der Waals surface area contributed by atoms with Crippen molar-refractivity contribution in [3.8, 4) is 0 Å². The van der Waals surface area contributed by atoms with E-state index in [2.05, 4.69) is 22.6 Å². The zero-order chi connectivity index (χ0) is 15.9. The van der Waals surface area contributed by atoms with Crippen molar-refractivity contribution in [3.63, 3.8) is 0 Å². The highest BCUT2D eigenvalue weighted by molar-refractivity contribution is 14.1. The maximum atomic E-state index is 10.6. The second kappa shape index (κ2) is 8.04. The Morgan fingerprint density at radius 3 is 2.05 bits per heavy atom. The Morgan fingerprint density at radius 2 is 1.70 bits per heavy atom. The molecule has 0 radical (unpaired) electrons. The van der Waals surface area contributed by atoms with Crippen LogP contribution in [-0.4, -0.2) is 34.4 Å². The SMILES string of the molecule is NC(Cc1ccccc1I)C(=O)O.O=C(O)C(F)(F)F. The number of nitrogens with two attached hydrogens (primary N) is 1.